The van der Waals surface area contributed by atoms with Gasteiger partial charge in [-0.05, 0) is 36.2 Å². The number of aryl methyl sites for hydroxylation is 1. The maximum atomic E-state index is 13.4. The Labute approximate surface area is 159 Å². The minimum absolute atomic E-state index is 0.323. The van der Waals surface area contributed by atoms with Crippen LogP contribution in [0.2, 0.25) is 0 Å². The Hall–Kier alpha value is -3.22. The fourth-order valence-corrected chi connectivity index (χ4v) is 3.00. The zero-order chi connectivity index (χ0) is 20.3. The largest absolute Gasteiger partial charge is 0.416 e. The summed E-state index contributed by atoms with van der Waals surface area (Å²) in [7, 11) is 0. The van der Waals surface area contributed by atoms with Crippen molar-refractivity contribution in [2.75, 3.05) is 5.32 Å². The van der Waals surface area contributed by atoms with Gasteiger partial charge in [0.2, 0.25) is 0 Å². The Balaban J connectivity index is 2.01. The lowest BCUT2D eigenvalue weighted by Gasteiger charge is -2.16. The van der Waals surface area contributed by atoms with Crippen LogP contribution in [0.4, 0.5) is 23.2 Å². The number of carbonyl (C=O) groups excluding carboxylic acids is 1. The van der Waals surface area contributed by atoms with Gasteiger partial charge in [0.1, 0.15) is 6.67 Å². The van der Waals surface area contributed by atoms with Gasteiger partial charge in [0.05, 0.1) is 17.4 Å². The molecule has 1 amide bonds. The third-order valence-corrected chi connectivity index (χ3v) is 4.36. The summed E-state index contributed by atoms with van der Waals surface area (Å²) < 4.78 is 52.8. The topological polar surface area (TPSA) is 42.0 Å². The molecule has 0 aliphatic rings. The normalized spacial score (nSPS) is 11.3. The van der Waals surface area contributed by atoms with Gasteiger partial charge in [-0.1, -0.05) is 30.3 Å². The number of aromatic nitrogens is 1. The van der Waals surface area contributed by atoms with Crippen molar-refractivity contribution in [1.29, 1.82) is 0 Å². The summed E-state index contributed by atoms with van der Waals surface area (Å²) in [6, 6.07) is 12.2. The van der Waals surface area contributed by atoms with E-state index in [1.165, 1.54) is 12.3 Å². The zero-order valence-electron chi connectivity index (χ0n) is 14.8. The second-order valence-electron chi connectivity index (χ2n) is 6.15. The number of benzene rings is 2. The van der Waals surface area contributed by atoms with E-state index in [0.717, 1.165) is 23.3 Å². The van der Waals surface area contributed by atoms with Gasteiger partial charge in [0.15, 0.2) is 0 Å². The van der Waals surface area contributed by atoms with Crippen molar-refractivity contribution in [2.24, 2.45) is 0 Å². The highest BCUT2D eigenvalue weighted by Gasteiger charge is 2.35. The van der Waals surface area contributed by atoms with Crippen LogP contribution >= 0.6 is 0 Å². The molecule has 0 bridgehead atoms. The summed E-state index contributed by atoms with van der Waals surface area (Å²) >= 11 is 0. The van der Waals surface area contributed by atoms with E-state index in [1.807, 2.05) is 31.2 Å². The average Bonchev–Trinajstić information content (AvgIpc) is 2.67. The Bertz CT molecular complexity index is 1020. The first-order valence-electron chi connectivity index (χ1n) is 8.39. The van der Waals surface area contributed by atoms with Crippen LogP contribution in [-0.4, -0.2) is 10.9 Å². The number of anilines is 1. The van der Waals surface area contributed by atoms with Gasteiger partial charge >= 0.3 is 6.18 Å². The van der Waals surface area contributed by atoms with Crippen molar-refractivity contribution < 1.29 is 22.4 Å². The first-order chi connectivity index (χ1) is 13.3. The minimum atomic E-state index is -4.75. The highest BCUT2D eigenvalue weighted by Crippen LogP contribution is 2.35. The van der Waals surface area contributed by atoms with Crippen LogP contribution in [0.5, 0.6) is 0 Å². The van der Waals surface area contributed by atoms with Crippen molar-refractivity contribution in [3.8, 4) is 11.1 Å². The van der Waals surface area contributed by atoms with Crippen LogP contribution in [-0.2, 0) is 12.9 Å². The lowest BCUT2D eigenvalue weighted by atomic mass is 9.99. The molecule has 0 radical (unpaired) electrons. The fourth-order valence-electron chi connectivity index (χ4n) is 3.00. The first-order valence-corrected chi connectivity index (χ1v) is 8.39. The van der Waals surface area contributed by atoms with Crippen LogP contribution in [0.1, 0.15) is 27.0 Å². The van der Waals surface area contributed by atoms with Crippen molar-refractivity contribution in [2.45, 2.75) is 19.8 Å². The summed E-state index contributed by atoms with van der Waals surface area (Å²) in [6.07, 6.45) is -1.80. The molecule has 0 atom stereocenters. The van der Waals surface area contributed by atoms with Crippen LogP contribution in [0.25, 0.3) is 11.1 Å². The van der Waals surface area contributed by atoms with Gasteiger partial charge in [0, 0.05) is 22.9 Å². The summed E-state index contributed by atoms with van der Waals surface area (Å²) in [5.74, 6) is -0.832. The molecular weight excluding hydrogens is 372 g/mol. The molecule has 144 valence electrons. The van der Waals surface area contributed by atoms with Gasteiger partial charge in [-0.25, -0.2) is 4.39 Å². The SMILES string of the molecule is Cc1ccccc1-c1ccncc1NC(=O)c1cccc(C(F)(F)F)c1CF. The molecule has 0 aliphatic carbocycles. The smallest absolute Gasteiger partial charge is 0.320 e. The highest BCUT2D eigenvalue weighted by molar-refractivity contribution is 6.07. The molecule has 0 spiro atoms. The molecule has 0 aliphatic heterocycles. The molecule has 1 N–H and O–H groups in total. The van der Waals surface area contributed by atoms with E-state index in [-0.39, 0.29) is 5.56 Å². The third kappa shape index (κ3) is 3.88. The van der Waals surface area contributed by atoms with Crippen molar-refractivity contribution in [3.05, 3.63) is 83.2 Å². The number of nitrogens with one attached hydrogen (secondary N) is 1. The van der Waals surface area contributed by atoms with Crippen LogP contribution in [0, 0.1) is 6.92 Å². The second kappa shape index (κ2) is 7.80. The molecule has 1 heterocycles. The first kappa shape index (κ1) is 19.5. The van der Waals surface area contributed by atoms with Crippen LogP contribution < -0.4 is 5.32 Å². The molecule has 3 nitrogen and oxygen atoms in total. The number of alkyl halides is 4. The molecule has 28 heavy (non-hydrogen) atoms. The van der Waals surface area contributed by atoms with E-state index >= 15 is 0 Å². The summed E-state index contributed by atoms with van der Waals surface area (Å²) in [4.78, 5) is 16.6. The number of rotatable bonds is 4. The van der Waals surface area contributed by atoms with E-state index in [0.29, 0.717) is 11.3 Å². The summed E-state index contributed by atoms with van der Waals surface area (Å²) in [5.41, 5.74) is 0.570. The van der Waals surface area contributed by atoms with Crippen molar-refractivity contribution >= 4 is 11.6 Å². The molecule has 7 heteroatoms. The van der Waals surface area contributed by atoms with Crippen LogP contribution in [0.3, 0.4) is 0 Å². The molecule has 3 aromatic rings. The minimum Gasteiger partial charge on any atom is -0.320 e. The molecule has 1 aromatic heterocycles. The quantitative estimate of drug-likeness (QED) is 0.574. The maximum Gasteiger partial charge on any atom is 0.416 e. The number of hydrogen-bond donors (Lipinski definition) is 1. The Morgan fingerprint density at radius 3 is 2.46 bits per heavy atom. The number of hydrogen-bond acceptors (Lipinski definition) is 2. The predicted octanol–water partition coefficient (Wildman–Crippen LogP) is 5.80. The van der Waals surface area contributed by atoms with Crippen LogP contribution in [0.15, 0.2) is 60.9 Å². The highest BCUT2D eigenvalue weighted by atomic mass is 19.4. The molecule has 3 rings (SSSR count). The molecule has 2 aromatic carbocycles. The Kier molecular flexibility index (Phi) is 5.44. The zero-order valence-corrected chi connectivity index (χ0v) is 14.8. The monoisotopic (exact) mass is 388 g/mol. The second-order valence-corrected chi connectivity index (χ2v) is 6.15. The number of amides is 1. The molecule has 0 saturated heterocycles. The molecule has 0 fully saturated rings. The Morgan fingerprint density at radius 2 is 1.79 bits per heavy atom. The van der Waals surface area contributed by atoms with Gasteiger partial charge < -0.3 is 5.32 Å². The van der Waals surface area contributed by atoms with Gasteiger partial charge in [-0.15, -0.1) is 0 Å². The maximum absolute atomic E-state index is 13.4. The van der Waals surface area contributed by atoms with Crippen molar-refractivity contribution in [3.63, 3.8) is 0 Å². The van der Waals surface area contributed by atoms with Gasteiger partial charge in [-0.2, -0.15) is 13.2 Å². The Morgan fingerprint density at radius 1 is 1.04 bits per heavy atom. The molecular formula is C21H16F4N2O. The van der Waals surface area contributed by atoms with E-state index in [2.05, 4.69) is 10.3 Å². The predicted molar refractivity (Wildman–Crippen MR) is 98.6 cm³/mol. The van der Waals surface area contributed by atoms with E-state index in [4.69, 9.17) is 0 Å². The van der Waals surface area contributed by atoms with Crippen molar-refractivity contribution in [1.82, 2.24) is 4.98 Å². The van der Waals surface area contributed by atoms with Gasteiger partial charge in [0.25, 0.3) is 5.91 Å². The standard InChI is InChI=1S/C21H16F4N2O/c1-13-5-2-3-6-14(13)15-9-10-26-12-19(15)27-20(28)16-7-4-8-18(17(16)11-22)21(23,24)25/h2-10,12H,11H2,1H3,(H,27,28). The lowest BCUT2D eigenvalue weighted by molar-refractivity contribution is -0.138. The number of carbonyl (C=O) groups is 1. The average molecular weight is 388 g/mol. The van der Waals surface area contributed by atoms with E-state index in [9.17, 15) is 22.4 Å². The molecule has 0 saturated carbocycles. The number of halogens is 4. The van der Waals surface area contributed by atoms with E-state index < -0.39 is 29.9 Å². The third-order valence-electron chi connectivity index (χ3n) is 4.36. The fraction of sp³-hybridized carbons (Fsp3) is 0.143. The summed E-state index contributed by atoms with van der Waals surface area (Å²) in [6.45, 7) is 0.492. The molecule has 0 unspecified atom stereocenters. The van der Waals surface area contributed by atoms with E-state index in [1.54, 1.807) is 12.3 Å². The number of nitrogens with zero attached hydrogens (tertiary/aromatic N) is 1. The number of pyridine rings is 1. The summed E-state index contributed by atoms with van der Waals surface area (Å²) in [5, 5.41) is 2.57. The van der Waals surface area contributed by atoms with Gasteiger partial charge in [-0.3, -0.25) is 9.78 Å². The lowest BCUT2D eigenvalue weighted by Crippen LogP contribution is -2.18.